The molecule has 0 aliphatic carbocycles. The van der Waals surface area contributed by atoms with Crippen LogP contribution in [-0.4, -0.2) is 17.9 Å². The van der Waals surface area contributed by atoms with E-state index in [2.05, 4.69) is 5.32 Å². The average molecular weight is 313 g/mol. The zero-order valence-corrected chi connectivity index (χ0v) is 13.0. The van der Waals surface area contributed by atoms with E-state index in [-0.39, 0.29) is 5.91 Å². The third-order valence-electron chi connectivity index (χ3n) is 3.33. The van der Waals surface area contributed by atoms with Crippen molar-refractivity contribution in [2.24, 2.45) is 5.84 Å². The number of hydrogen-bond acceptors (Lipinski definition) is 4. The molecule has 0 saturated heterocycles. The molecule has 2 rings (SSSR count). The van der Waals surface area contributed by atoms with Gasteiger partial charge >= 0.3 is 0 Å². The minimum absolute atomic E-state index is 0.210. The second-order valence-corrected chi connectivity index (χ2v) is 5.06. The molecule has 2 aromatic rings. The number of ether oxygens (including phenoxy) is 1. The van der Waals surface area contributed by atoms with Gasteiger partial charge in [0.1, 0.15) is 5.75 Å². The molecule has 0 aliphatic heterocycles. The van der Waals surface area contributed by atoms with Gasteiger partial charge in [-0.15, -0.1) is 0 Å². The van der Waals surface area contributed by atoms with Crippen molar-refractivity contribution in [3.63, 3.8) is 0 Å². The van der Waals surface area contributed by atoms with Crippen molar-refractivity contribution in [1.82, 2.24) is 5.43 Å². The van der Waals surface area contributed by atoms with Crippen LogP contribution in [0.15, 0.2) is 48.5 Å². The van der Waals surface area contributed by atoms with Gasteiger partial charge in [0, 0.05) is 11.3 Å². The van der Waals surface area contributed by atoms with Crippen LogP contribution in [0.1, 0.15) is 22.8 Å². The fraction of sp³-hybridized carbons (Fsp3) is 0.176. The minimum atomic E-state index is -0.716. The number of anilines is 1. The molecule has 0 spiro atoms. The first-order valence-corrected chi connectivity index (χ1v) is 7.15. The zero-order chi connectivity index (χ0) is 16.8. The number of carbonyl (C=O) groups is 2. The Bertz CT molecular complexity index is 698. The summed E-state index contributed by atoms with van der Waals surface area (Å²) >= 11 is 0. The number of nitrogens with one attached hydrogen (secondary N) is 2. The lowest BCUT2D eigenvalue weighted by molar-refractivity contribution is -0.127. The van der Waals surface area contributed by atoms with Crippen LogP contribution in [-0.2, 0) is 4.79 Å². The smallest absolute Gasteiger partial charge is 0.274 e. The van der Waals surface area contributed by atoms with Crippen LogP contribution in [0.3, 0.4) is 0 Å². The van der Waals surface area contributed by atoms with Gasteiger partial charge in [0.2, 0.25) is 0 Å². The van der Waals surface area contributed by atoms with E-state index in [1.54, 1.807) is 31.2 Å². The third-order valence-corrected chi connectivity index (χ3v) is 3.33. The Morgan fingerprint density at radius 2 is 1.74 bits per heavy atom. The number of nitrogens with two attached hydrogens (primary N) is 1. The monoisotopic (exact) mass is 313 g/mol. The molecular formula is C17H19N3O3. The predicted octanol–water partition coefficient (Wildman–Crippen LogP) is 2.00. The molecule has 120 valence electrons. The summed E-state index contributed by atoms with van der Waals surface area (Å²) in [4.78, 5) is 23.5. The molecular weight excluding hydrogens is 294 g/mol. The molecule has 0 bridgehead atoms. The number of hydrazine groups is 1. The average Bonchev–Trinajstić information content (AvgIpc) is 2.56. The standard InChI is InChI=1S/C17H19N3O3/c1-11-5-3-4-6-15(11)19-17(22)13-7-9-14(10-8-13)23-12(2)16(21)20-18/h3-10,12H,18H2,1-2H3,(H,19,22)(H,20,21)/t12-/m0/s1. The van der Waals surface area contributed by atoms with Gasteiger partial charge in [-0.25, -0.2) is 5.84 Å². The molecule has 0 aromatic heterocycles. The lowest BCUT2D eigenvalue weighted by atomic mass is 10.1. The zero-order valence-electron chi connectivity index (χ0n) is 13.0. The lowest BCUT2D eigenvalue weighted by Gasteiger charge is -2.13. The first-order valence-electron chi connectivity index (χ1n) is 7.15. The van der Waals surface area contributed by atoms with Gasteiger partial charge in [-0.1, -0.05) is 18.2 Å². The maximum atomic E-state index is 12.2. The molecule has 0 heterocycles. The highest BCUT2D eigenvalue weighted by Gasteiger charge is 2.13. The number of aryl methyl sites for hydroxylation is 1. The summed E-state index contributed by atoms with van der Waals surface area (Å²) in [6.45, 7) is 3.51. The molecule has 2 amide bonds. The number of para-hydroxylation sites is 1. The molecule has 4 N–H and O–H groups in total. The molecule has 1 atom stereocenters. The van der Waals surface area contributed by atoms with E-state index in [4.69, 9.17) is 10.6 Å². The van der Waals surface area contributed by atoms with Crippen molar-refractivity contribution in [3.05, 3.63) is 59.7 Å². The van der Waals surface area contributed by atoms with E-state index < -0.39 is 12.0 Å². The normalized spacial score (nSPS) is 11.4. The third kappa shape index (κ3) is 4.31. The number of carbonyl (C=O) groups excluding carboxylic acids is 2. The molecule has 6 heteroatoms. The summed E-state index contributed by atoms with van der Waals surface area (Å²) in [5.74, 6) is 4.89. The van der Waals surface area contributed by atoms with Crippen molar-refractivity contribution in [2.75, 3.05) is 5.32 Å². The van der Waals surface area contributed by atoms with Gasteiger partial charge in [-0.05, 0) is 49.7 Å². The first-order chi connectivity index (χ1) is 11.0. The molecule has 0 fully saturated rings. The quantitative estimate of drug-likeness (QED) is 0.447. The van der Waals surface area contributed by atoms with E-state index in [1.807, 2.05) is 36.6 Å². The summed E-state index contributed by atoms with van der Waals surface area (Å²) < 4.78 is 5.42. The van der Waals surface area contributed by atoms with E-state index in [9.17, 15) is 9.59 Å². The van der Waals surface area contributed by atoms with E-state index in [1.165, 1.54) is 0 Å². The van der Waals surface area contributed by atoms with Crippen LogP contribution >= 0.6 is 0 Å². The van der Waals surface area contributed by atoms with Crippen LogP contribution in [0.2, 0.25) is 0 Å². The molecule has 6 nitrogen and oxygen atoms in total. The van der Waals surface area contributed by atoms with Gasteiger partial charge in [-0.2, -0.15) is 0 Å². The Hall–Kier alpha value is -2.86. The number of hydrogen-bond donors (Lipinski definition) is 3. The summed E-state index contributed by atoms with van der Waals surface area (Å²) in [5.41, 5.74) is 4.27. The number of amides is 2. The van der Waals surface area contributed by atoms with E-state index in [0.29, 0.717) is 11.3 Å². The Morgan fingerprint density at radius 3 is 2.35 bits per heavy atom. The van der Waals surface area contributed by atoms with E-state index >= 15 is 0 Å². The Labute approximate surface area is 134 Å². The van der Waals surface area contributed by atoms with Crippen LogP contribution in [0.4, 0.5) is 5.69 Å². The van der Waals surface area contributed by atoms with Crippen LogP contribution in [0.5, 0.6) is 5.75 Å². The largest absolute Gasteiger partial charge is 0.481 e. The number of rotatable bonds is 5. The van der Waals surface area contributed by atoms with Crippen molar-refractivity contribution in [1.29, 1.82) is 0 Å². The van der Waals surface area contributed by atoms with Gasteiger partial charge in [-0.3, -0.25) is 15.0 Å². The van der Waals surface area contributed by atoms with Gasteiger partial charge < -0.3 is 10.1 Å². The maximum absolute atomic E-state index is 12.2. The highest BCUT2D eigenvalue weighted by atomic mass is 16.5. The second kappa shape index (κ2) is 7.42. The maximum Gasteiger partial charge on any atom is 0.274 e. The highest BCUT2D eigenvalue weighted by molar-refractivity contribution is 6.04. The van der Waals surface area contributed by atoms with Crippen molar-refractivity contribution in [3.8, 4) is 5.75 Å². The second-order valence-electron chi connectivity index (χ2n) is 5.06. The van der Waals surface area contributed by atoms with Gasteiger partial charge in [0.15, 0.2) is 6.10 Å². The summed E-state index contributed by atoms with van der Waals surface area (Å²) in [7, 11) is 0. The van der Waals surface area contributed by atoms with E-state index in [0.717, 1.165) is 11.3 Å². The highest BCUT2D eigenvalue weighted by Crippen LogP contribution is 2.17. The number of benzene rings is 2. The topological polar surface area (TPSA) is 93.4 Å². The molecule has 2 aromatic carbocycles. The minimum Gasteiger partial charge on any atom is -0.481 e. The Kier molecular flexibility index (Phi) is 5.32. The SMILES string of the molecule is Cc1ccccc1NC(=O)c1ccc(O[C@@H](C)C(=O)NN)cc1. The van der Waals surface area contributed by atoms with Crippen LogP contribution in [0, 0.1) is 6.92 Å². The summed E-state index contributed by atoms with van der Waals surface area (Å²) in [5, 5.41) is 2.85. The Balaban J connectivity index is 2.03. The molecule has 0 radical (unpaired) electrons. The lowest BCUT2D eigenvalue weighted by Crippen LogP contribution is -2.40. The van der Waals surface area contributed by atoms with Crippen LogP contribution in [0.25, 0.3) is 0 Å². The molecule has 0 aliphatic rings. The van der Waals surface area contributed by atoms with Crippen molar-refractivity contribution < 1.29 is 14.3 Å². The summed E-state index contributed by atoms with van der Waals surface area (Å²) in [6, 6.07) is 14.1. The van der Waals surface area contributed by atoms with Gasteiger partial charge in [0.05, 0.1) is 0 Å². The summed E-state index contributed by atoms with van der Waals surface area (Å²) in [6.07, 6.45) is -0.716. The fourth-order valence-corrected chi connectivity index (χ4v) is 1.97. The van der Waals surface area contributed by atoms with Crippen LogP contribution < -0.4 is 21.3 Å². The first kappa shape index (κ1) is 16.5. The van der Waals surface area contributed by atoms with Crippen molar-refractivity contribution >= 4 is 17.5 Å². The van der Waals surface area contributed by atoms with Gasteiger partial charge in [0.25, 0.3) is 11.8 Å². The predicted molar refractivity (Wildman–Crippen MR) is 88.0 cm³/mol. The molecule has 23 heavy (non-hydrogen) atoms. The van der Waals surface area contributed by atoms with Crippen molar-refractivity contribution in [2.45, 2.75) is 20.0 Å². The molecule has 0 unspecified atom stereocenters. The molecule has 0 saturated carbocycles. The Morgan fingerprint density at radius 1 is 1.09 bits per heavy atom. The fourth-order valence-electron chi connectivity index (χ4n) is 1.97.